The van der Waals surface area contributed by atoms with Crippen LogP contribution in [0.1, 0.15) is 32.1 Å². The van der Waals surface area contributed by atoms with E-state index in [1.165, 1.54) is 6.42 Å². The second kappa shape index (κ2) is 7.40. The Labute approximate surface area is 152 Å². The Morgan fingerprint density at radius 3 is 2.62 bits per heavy atom. The first-order chi connectivity index (χ1) is 12.7. The number of nitrogens with zero attached hydrogens (tertiary/aromatic N) is 4. The third kappa shape index (κ3) is 3.54. The summed E-state index contributed by atoms with van der Waals surface area (Å²) in [6.07, 6.45) is 10.3. The molecule has 2 aliphatic rings. The number of piperidine rings is 1. The fourth-order valence-electron chi connectivity index (χ4n) is 3.76. The summed E-state index contributed by atoms with van der Waals surface area (Å²) in [4.78, 5) is 35.3. The van der Waals surface area contributed by atoms with Crippen LogP contribution in [0.15, 0.2) is 41.7 Å². The number of hydrogen-bond donors (Lipinski definition) is 0. The standard InChI is InChI=1S/C20H24N4O2/c25-19-11-18(17-5-2-8-21-12-17)22-14-24(19)13-15-6-9-23(10-7-15)20(26)16-3-1-4-16/h2,5,8,11-12,14-16H,1,3-4,6-7,9-10,13H2. The minimum Gasteiger partial charge on any atom is -0.342 e. The van der Waals surface area contributed by atoms with E-state index in [9.17, 15) is 9.59 Å². The van der Waals surface area contributed by atoms with E-state index in [1.54, 1.807) is 29.4 Å². The van der Waals surface area contributed by atoms with E-state index in [0.29, 0.717) is 24.1 Å². The number of carbonyl (C=O) groups excluding carboxylic acids is 1. The van der Waals surface area contributed by atoms with Gasteiger partial charge < -0.3 is 4.90 Å². The van der Waals surface area contributed by atoms with Crippen LogP contribution in [0.25, 0.3) is 11.3 Å². The molecule has 26 heavy (non-hydrogen) atoms. The topological polar surface area (TPSA) is 68.1 Å². The van der Waals surface area contributed by atoms with Gasteiger partial charge in [-0.25, -0.2) is 4.98 Å². The summed E-state index contributed by atoms with van der Waals surface area (Å²) in [6.45, 7) is 2.30. The lowest BCUT2D eigenvalue weighted by atomic mass is 9.83. The van der Waals surface area contributed by atoms with Gasteiger partial charge in [-0.2, -0.15) is 0 Å². The first kappa shape index (κ1) is 16.9. The van der Waals surface area contributed by atoms with Gasteiger partial charge in [-0.3, -0.25) is 19.1 Å². The minimum absolute atomic E-state index is 0.0353. The van der Waals surface area contributed by atoms with Gasteiger partial charge in [0.25, 0.3) is 5.56 Å². The number of amides is 1. The highest BCUT2D eigenvalue weighted by Crippen LogP contribution is 2.30. The quantitative estimate of drug-likeness (QED) is 0.847. The summed E-state index contributed by atoms with van der Waals surface area (Å²) in [5.41, 5.74) is 1.46. The van der Waals surface area contributed by atoms with E-state index in [4.69, 9.17) is 0 Å². The summed E-state index contributed by atoms with van der Waals surface area (Å²) in [5, 5.41) is 0. The number of hydrogen-bond acceptors (Lipinski definition) is 4. The normalized spacial score (nSPS) is 18.5. The molecular formula is C20H24N4O2. The molecule has 6 nitrogen and oxygen atoms in total. The Balaban J connectivity index is 1.36. The molecule has 1 saturated carbocycles. The van der Waals surface area contributed by atoms with Gasteiger partial charge in [0.15, 0.2) is 0 Å². The van der Waals surface area contributed by atoms with E-state index < -0.39 is 0 Å². The van der Waals surface area contributed by atoms with Crippen molar-refractivity contribution in [1.82, 2.24) is 19.4 Å². The molecule has 136 valence electrons. The van der Waals surface area contributed by atoms with Gasteiger partial charge >= 0.3 is 0 Å². The largest absolute Gasteiger partial charge is 0.342 e. The Hall–Kier alpha value is -2.50. The second-order valence-corrected chi connectivity index (χ2v) is 7.40. The predicted molar refractivity (Wildman–Crippen MR) is 98.4 cm³/mol. The summed E-state index contributed by atoms with van der Waals surface area (Å²) < 4.78 is 1.69. The van der Waals surface area contributed by atoms with Gasteiger partial charge in [-0.05, 0) is 43.7 Å². The van der Waals surface area contributed by atoms with Crippen molar-refractivity contribution >= 4 is 5.91 Å². The Bertz CT molecular complexity index is 821. The molecule has 0 aromatic carbocycles. The highest BCUT2D eigenvalue weighted by atomic mass is 16.2. The third-order valence-electron chi connectivity index (χ3n) is 5.67. The summed E-state index contributed by atoms with van der Waals surface area (Å²) in [5.74, 6) is 1.04. The van der Waals surface area contributed by atoms with E-state index in [-0.39, 0.29) is 11.5 Å². The molecule has 2 aromatic rings. The molecule has 0 unspecified atom stereocenters. The zero-order valence-corrected chi connectivity index (χ0v) is 14.9. The summed E-state index contributed by atoms with van der Waals surface area (Å²) in [6, 6.07) is 5.31. The van der Waals surface area contributed by atoms with Crippen molar-refractivity contribution in [3.05, 3.63) is 47.3 Å². The molecule has 1 aliphatic heterocycles. The van der Waals surface area contributed by atoms with Gasteiger partial charge in [0.1, 0.15) is 0 Å². The third-order valence-corrected chi connectivity index (χ3v) is 5.67. The number of rotatable bonds is 4. The Kier molecular flexibility index (Phi) is 4.82. The maximum absolute atomic E-state index is 12.4. The SMILES string of the molecule is O=C(C1CCC1)N1CCC(Cn2cnc(-c3cccnc3)cc2=O)CC1. The zero-order valence-electron chi connectivity index (χ0n) is 14.9. The molecule has 2 aromatic heterocycles. The lowest BCUT2D eigenvalue weighted by Crippen LogP contribution is -2.44. The van der Waals surface area contributed by atoms with Gasteiger partial charge in [-0.1, -0.05) is 6.42 Å². The highest BCUT2D eigenvalue weighted by Gasteiger charge is 2.31. The van der Waals surface area contributed by atoms with Crippen molar-refractivity contribution in [1.29, 1.82) is 0 Å². The number of aromatic nitrogens is 3. The molecule has 4 rings (SSSR count). The number of pyridine rings is 1. The first-order valence-corrected chi connectivity index (χ1v) is 9.46. The fraction of sp³-hybridized carbons (Fsp3) is 0.500. The molecule has 1 amide bonds. The highest BCUT2D eigenvalue weighted by molar-refractivity contribution is 5.79. The molecule has 0 spiro atoms. The van der Waals surface area contributed by atoms with Gasteiger partial charge in [0, 0.05) is 49.6 Å². The Morgan fingerprint density at radius 1 is 1.19 bits per heavy atom. The molecule has 1 aliphatic carbocycles. The van der Waals surface area contributed by atoms with Crippen molar-refractivity contribution in [3.63, 3.8) is 0 Å². The van der Waals surface area contributed by atoms with Crippen molar-refractivity contribution in [2.75, 3.05) is 13.1 Å². The van der Waals surface area contributed by atoms with Crippen LogP contribution in [0.5, 0.6) is 0 Å². The molecule has 3 heterocycles. The fourth-order valence-corrected chi connectivity index (χ4v) is 3.76. The first-order valence-electron chi connectivity index (χ1n) is 9.46. The molecule has 0 bridgehead atoms. The average molecular weight is 352 g/mol. The predicted octanol–water partition coefficient (Wildman–Crippen LogP) is 2.34. The van der Waals surface area contributed by atoms with Crippen molar-refractivity contribution in [2.45, 2.75) is 38.6 Å². The van der Waals surface area contributed by atoms with Gasteiger partial charge in [-0.15, -0.1) is 0 Å². The Morgan fingerprint density at radius 2 is 2.00 bits per heavy atom. The van der Waals surface area contributed by atoms with Crippen LogP contribution in [-0.4, -0.2) is 38.4 Å². The van der Waals surface area contributed by atoms with Crippen LogP contribution in [-0.2, 0) is 11.3 Å². The summed E-state index contributed by atoms with van der Waals surface area (Å²) >= 11 is 0. The smallest absolute Gasteiger partial charge is 0.253 e. The van der Waals surface area contributed by atoms with Gasteiger partial charge in [0.05, 0.1) is 12.0 Å². The maximum Gasteiger partial charge on any atom is 0.253 e. The van der Waals surface area contributed by atoms with Crippen LogP contribution in [0.2, 0.25) is 0 Å². The van der Waals surface area contributed by atoms with Crippen LogP contribution in [0, 0.1) is 11.8 Å². The molecule has 0 atom stereocenters. The second-order valence-electron chi connectivity index (χ2n) is 7.40. The molecule has 1 saturated heterocycles. The minimum atomic E-state index is -0.0353. The van der Waals surface area contributed by atoms with Gasteiger partial charge in [0.2, 0.25) is 5.91 Å². The van der Waals surface area contributed by atoms with E-state index in [2.05, 4.69) is 9.97 Å². The van der Waals surface area contributed by atoms with Crippen LogP contribution < -0.4 is 5.56 Å². The van der Waals surface area contributed by atoms with E-state index in [0.717, 1.165) is 44.3 Å². The van der Waals surface area contributed by atoms with E-state index >= 15 is 0 Å². The lowest BCUT2D eigenvalue weighted by molar-refractivity contribution is -0.139. The summed E-state index contributed by atoms with van der Waals surface area (Å²) in [7, 11) is 0. The van der Waals surface area contributed by atoms with Crippen molar-refractivity contribution in [3.8, 4) is 11.3 Å². The molecule has 0 radical (unpaired) electrons. The van der Waals surface area contributed by atoms with E-state index in [1.807, 2.05) is 17.0 Å². The number of likely N-dealkylation sites (tertiary alicyclic amines) is 1. The molecule has 0 N–H and O–H groups in total. The van der Waals surface area contributed by atoms with Crippen molar-refractivity contribution < 1.29 is 4.79 Å². The zero-order chi connectivity index (χ0) is 17.9. The molecule has 6 heteroatoms. The number of carbonyl (C=O) groups is 1. The lowest BCUT2D eigenvalue weighted by Gasteiger charge is -2.36. The van der Waals surface area contributed by atoms with Crippen LogP contribution in [0.3, 0.4) is 0 Å². The molecule has 2 fully saturated rings. The van der Waals surface area contributed by atoms with Crippen molar-refractivity contribution in [2.24, 2.45) is 11.8 Å². The van der Waals surface area contributed by atoms with Crippen LogP contribution >= 0.6 is 0 Å². The molecular weight excluding hydrogens is 328 g/mol. The monoisotopic (exact) mass is 352 g/mol. The van der Waals surface area contributed by atoms with Crippen LogP contribution in [0.4, 0.5) is 0 Å². The average Bonchev–Trinajstić information content (AvgIpc) is 2.63. The maximum atomic E-state index is 12.4.